The predicted octanol–water partition coefficient (Wildman–Crippen LogP) is 5.12. The van der Waals surface area contributed by atoms with Gasteiger partial charge in [-0.3, -0.25) is 4.79 Å². The molecule has 2 aromatic rings. The Kier molecular flexibility index (Phi) is 4.01. The minimum atomic E-state index is -0.443. The summed E-state index contributed by atoms with van der Waals surface area (Å²) in [5.74, 6) is 1.39. The van der Waals surface area contributed by atoms with Gasteiger partial charge in [-0.05, 0) is 54.5 Å². The highest BCUT2D eigenvalue weighted by atomic mass is 16.5. The highest BCUT2D eigenvalue weighted by Crippen LogP contribution is 2.36. The third-order valence-electron chi connectivity index (χ3n) is 5.23. The molecule has 1 saturated carbocycles. The van der Waals surface area contributed by atoms with Crippen LogP contribution in [0.15, 0.2) is 42.5 Å². The summed E-state index contributed by atoms with van der Waals surface area (Å²) in [5.41, 5.74) is 4.52. The summed E-state index contributed by atoms with van der Waals surface area (Å²) in [4.78, 5) is 11.7. The van der Waals surface area contributed by atoms with E-state index in [0.29, 0.717) is 0 Å². The highest BCUT2D eigenvalue weighted by molar-refractivity contribution is 5.97. The lowest BCUT2D eigenvalue weighted by Gasteiger charge is -2.24. The molecule has 1 N–H and O–H groups in total. The van der Waals surface area contributed by atoms with Gasteiger partial charge in [0.15, 0.2) is 6.10 Å². The molecule has 0 radical (unpaired) electrons. The van der Waals surface area contributed by atoms with Gasteiger partial charge in [0.2, 0.25) is 0 Å². The second kappa shape index (κ2) is 6.31. The second-order valence-electron chi connectivity index (χ2n) is 6.92. The molecule has 1 amide bonds. The number of benzene rings is 2. The van der Waals surface area contributed by atoms with Gasteiger partial charge >= 0.3 is 0 Å². The van der Waals surface area contributed by atoms with Crippen LogP contribution in [0.3, 0.4) is 0 Å². The van der Waals surface area contributed by atoms with Crippen LogP contribution in [-0.4, -0.2) is 12.0 Å². The van der Waals surface area contributed by atoms with Gasteiger partial charge in [-0.1, -0.05) is 49.6 Å². The van der Waals surface area contributed by atoms with Crippen molar-refractivity contribution in [3.8, 4) is 16.9 Å². The van der Waals surface area contributed by atoms with Crippen molar-refractivity contribution < 1.29 is 9.53 Å². The van der Waals surface area contributed by atoms with E-state index in [2.05, 4.69) is 29.6 Å². The standard InChI is InChI=1S/C21H23NO2/c1-14-21(23)22-19-12-11-18(13-20(19)24-14)17-9-7-16(8-10-17)15-5-3-2-4-6-15/h7-15H,2-6H2,1H3,(H,22,23). The average Bonchev–Trinajstić information content (AvgIpc) is 2.63. The molecule has 0 saturated heterocycles. The van der Waals surface area contributed by atoms with Gasteiger partial charge in [0.25, 0.3) is 5.91 Å². The van der Waals surface area contributed by atoms with Crippen LogP contribution in [0.25, 0.3) is 11.1 Å². The summed E-state index contributed by atoms with van der Waals surface area (Å²) in [6, 6.07) is 14.9. The van der Waals surface area contributed by atoms with Crippen LogP contribution in [0.4, 0.5) is 5.69 Å². The zero-order valence-corrected chi connectivity index (χ0v) is 14.0. The van der Waals surface area contributed by atoms with E-state index in [1.165, 1.54) is 43.2 Å². The lowest BCUT2D eigenvalue weighted by atomic mass is 9.84. The molecule has 1 aliphatic carbocycles. The van der Waals surface area contributed by atoms with Gasteiger partial charge in [0.1, 0.15) is 5.75 Å². The van der Waals surface area contributed by atoms with Crippen LogP contribution in [-0.2, 0) is 4.79 Å². The number of fused-ring (bicyclic) bond motifs is 1. The molecule has 1 atom stereocenters. The molecule has 1 aliphatic heterocycles. The molecule has 124 valence electrons. The van der Waals surface area contributed by atoms with Crippen LogP contribution < -0.4 is 10.1 Å². The fourth-order valence-corrected chi connectivity index (χ4v) is 3.76. The molecule has 3 heteroatoms. The van der Waals surface area contributed by atoms with E-state index >= 15 is 0 Å². The molecule has 3 nitrogen and oxygen atoms in total. The van der Waals surface area contributed by atoms with Crippen LogP contribution in [0.1, 0.15) is 50.5 Å². The van der Waals surface area contributed by atoms with Crippen molar-refractivity contribution in [1.82, 2.24) is 0 Å². The molecule has 1 heterocycles. The Morgan fingerprint density at radius 3 is 2.42 bits per heavy atom. The average molecular weight is 321 g/mol. The smallest absolute Gasteiger partial charge is 0.265 e. The third kappa shape index (κ3) is 2.91. The maximum absolute atomic E-state index is 11.7. The summed E-state index contributed by atoms with van der Waals surface area (Å²) in [6.45, 7) is 1.77. The predicted molar refractivity (Wildman–Crippen MR) is 96.4 cm³/mol. The monoisotopic (exact) mass is 321 g/mol. The molecular formula is C21H23NO2. The van der Waals surface area contributed by atoms with Crippen LogP contribution in [0.5, 0.6) is 5.75 Å². The molecule has 24 heavy (non-hydrogen) atoms. The summed E-state index contributed by atoms with van der Waals surface area (Å²) in [7, 11) is 0. The van der Waals surface area contributed by atoms with Crippen molar-refractivity contribution >= 4 is 11.6 Å². The normalized spacial score (nSPS) is 20.9. The Bertz CT molecular complexity index is 745. The lowest BCUT2D eigenvalue weighted by Crippen LogP contribution is -2.34. The maximum Gasteiger partial charge on any atom is 0.265 e. The van der Waals surface area contributed by atoms with E-state index in [1.807, 2.05) is 18.2 Å². The van der Waals surface area contributed by atoms with Gasteiger partial charge in [-0.2, -0.15) is 0 Å². The third-order valence-corrected chi connectivity index (χ3v) is 5.23. The molecule has 0 spiro atoms. The Morgan fingerprint density at radius 1 is 0.958 bits per heavy atom. The number of hydrogen-bond donors (Lipinski definition) is 1. The summed E-state index contributed by atoms with van der Waals surface area (Å²) >= 11 is 0. The van der Waals surface area contributed by atoms with Crippen LogP contribution in [0.2, 0.25) is 0 Å². The SMILES string of the molecule is CC1Oc2cc(-c3ccc(C4CCCCC4)cc3)ccc2NC1=O. The molecule has 0 aromatic heterocycles. The van der Waals surface area contributed by atoms with Crippen molar-refractivity contribution in [2.45, 2.75) is 51.0 Å². The van der Waals surface area contributed by atoms with Crippen LogP contribution in [0, 0.1) is 0 Å². The molecule has 4 rings (SSSR count). The first-order valence-electron chi connectivity index (χ1n) is 8.92. The molecule has 0 bridgehead atoms. The first-order chi connectivity index (χ1) is 11.7. The van der Waals surface area contributed by atoms with Gasteiger partial charge < -0.3 is 10.1 Å². The van der Waals surface area contributed by atoms with Gasteiger partial charge in [-0.25, -0.2) is 0 Å². The minimum Gasteiger partial charge on any atom is -0.479 e. The van der Waals surface area contributed by atoms with E-state index in [-0.39, 0.29) is 5.91 Å². The highest BCUT2D eigenvalue weighted by Gasteiger charge is 2.23. The first kappa shape index (κ1) is 15.3. The summed E-state index contributed by atoms with van der Waals surface area (Å²) < 4.78 is 5.71. The molecular weight excluding hydrogens is 298 g/mol. The van der Waals surface area contributed by atoms with Crippen molar-refractivity contribution in [1.29, 1.82) is 0 Å². The maximum atomic E-state index is 11.7. The van der Waals surface area contributed by atoms with E-state index in [1.54, 1.807) is 6.92 Å². The first-order valence-corrected chi connectivity index (χ1v) is 8.92. The van der Waals surface area contributed by atoms with Crippen molar-refractivity contribution in [3.05, 3.63) is 48.0 Å². The van der Waals surface area contributed by atoms with Gasteiger partial charge in [0, 0.05) is 0 Å². The van der Waals surface area contributed by atoms with Crippen LogP contribution >= 0.6 is 0 Å². The van der Waals surface area contributed by atoms with Crippen molar-refractivity contribution in [3.63, 3.8) is 0 Å². The van der Waals surface area contributed by atoms with Crippen molar-refractivity contribution in [2.24, 2.45) is 0 Å². The fourth-order valence-electron chi connectivity index (χ4n) is 3.76. The number of carbonyl (C=O) groups excluding carboxylic acids is 1. The molecule has 1 fully saturated rings. The molecule has 2 aromatic carbocycles. The Morgan fingerprint density at radius 2 is 1.67 bits per heavy atom. The zero-order valence-electron chi connectivity index (χ0n) is 14.0. The molecule has 1 unspecified atom stereocenters. The number of hydrogen-bond acceptors (Lipinski definition) is 2. The van der Waals surface area contributed by atoms with E-state index in [0.717, 1.165) is 22.9 Å². The van der Waals surface area contributed by atoms with Crippen molar-refractivity contribution in [2.75, 3.05) is 5.32 Å². The van der Waals surface area contributed by atoms with E-state index in [9.17, 15) is 4.79 Å². The molecule has 2 aliphatic rings. The van der Waals surface area contributed by atoms with E-state index in [4.69, 9.17) is 4.74 Å². The quantitative estimate of drug-likeness (QED) is 0.833. The Labute approximate surface area is 143 Å². The summed E-state index contributed by atoms with van der Waals surface area (Å²) in [5, 5.41) is 2.88. The lowest BCUT2D eigenvalue weighted by molar-refractivity contribution is -0.122. The number of rotatable bonds is 2. The second-order valence-corrected chi connectivity index (χ2v) is 6.92. The number of anilines is 1. The van der Waals surface area contributed by atoms with Gasteiger partial charge in [-0.15, -0.1) is 0 Å². The number of nitrogens with one attached hydrogen (secondary N) is 1. The Balaban J connectivity index is 1.58. The topological polar surface area (TPSA) is 38.3 Å². The fraction of sp³-hybridized carbons (Fsp3) is 0.381. The number of carbonyl (C=O) groups is 1. The largest absolute Gasteiger partial charge is 0.479 e. The zero-order chi connectivity index (χ0) is 16.5. The van der Waals surface area contributed by atoms with Gasteiger partial charge in [0.05, 0.1) is 5.69 Å². The number of ether oxygens (including phenoxy) is 1. The van der Waals surface area contributed by atoms with E-state index < -0.39 is 6.10 Å². The Hall–Kier alpha value is -2.29. The summed E-state index contributed by atoms with van der Waals surface area (Å²) in [6.07, 6.45) is 6.31. The minimum absolute atomic E-state index is 0.0907. The number of amides is 1.